The van der Waals surface area contributed by atoms with Crippen molar-refractivity contribution in [3.8, 4) is 5.75 Å². The standard InChI is InChI=1S/C18H20BrN3OS/c1-2-10-23-17-11-16(19)9-8-15(17)12-21-22-18(20)24-13-14-6-4-3-5-7-14/h3-9,11-12H,2,10,13H2,1H3,(H2,20,22). The van der Waals surface area contributed by atoms with E-state index in [-0.39, 0.29) is 0 Å². The Kier molecular flexibility index (Phi) is 7.85. The van der Waals surface area contributed by atoms with E-state index in [4.69, 9.17) is 10.5 Å². The average molecular weight is 406 g/mol. The maximum absolute atomic E-state index is 5.89. The SMILES string of the molecule is CCCOc1cc(Br)ccc1C=NN=C(N)SCc1ccccc1. The molecule has 0 aromatic heterocycles. The van der Waals surface area contributed by atoms with E-state index in [0.717, 1.165) is 28.0 Å². The van der Waals surface area contributed by atoms with Crippen LogP contribution in [0.4, 0.5) is 0 Å². The van der Waals surface area contributed by atoms with Crippen molar-refractivity contribution in [1.29, 1.82) is 0 Å². The zero-order chi connectivity index (χ0) is 17.2. The first-order chi connectivity index (χ1) is 11.7. The Bertz CT molecular complexity index is 705. The zero-order valence-electron chi connectivity index (χ0n) is 13.5. The molecule has 2 aromatic carbocycles. The molecule has 0 spiro atoms. The van der Waals surface area contributed by atoms with Crippen molar-refractivity contribution in [2.24, 2.45) is 15.9 Å². The number of halogens is 1. The van der Waals surface area contributed by atoms with E-state index in [0.29, 0.717) is 11.8 Å². The van der Waals surface area contributed by atoms with Gasteiger partial charge < -0.3 is 10.5 Å². The van der Waals surface area contributed by atoms with E-state index in [9.17, 15) is 0 Å². The summed E-state index contributed by atoms with van der Waals surface area (Å²) in [5.41, 5.74) is 7.96. The van der Waals surface area contributed by atoms with Gasteiger partial charge in [0.15, 0.2) is 5.17 Å². The first-order valence-electron chi connectivity index (χ1n) is 7.64. The third-order valence-electron chi connectivity index (χ3n) is 3.02. The van der Waals surface area contributed by atoms with E-state index in [2.05, 4.69) is 45.2 Å². The molecule has 0 heterocycles. The summed E-state index contributed by atoms with van der Waals surface area (Å²) >= 11 is 4.91. The third-order valence-corrected chi connectivity index (χ3v) is 4.37. The highest BCUT2D eigenvalue weighted by atomic mass is 79.9. The van der Waals surface area contributed by atoms with Gasteiger partial charge in [-0.2, -0.15) is 5.10 Å². The van der Waals surface area contributed by atoms with Crippen LogP contribution in [0, 0.1) is 0 Å². The summed E-state index contributed by atoms with van der Waals surface area (Å²) in [5.74, 6) is 1.55. The van der Waals surface area contributed by atoms with Crippen molar-refractivity contribution in [3.05, 3.63) is 64.1 Å². The van der Waals surface area contributed by atoms with Gasteiger partial charge in [0.25, 0.3) is 0 Å². The average Bonchev–Trinajstić information content (AvgIpc) is 2.60. The molecule has 0 aliphatic heterocycles. The third kappa shape index (κ3) is 6.37. The minimum absolute atomic E-state index is 0.434. The number of nitrogens with two attached hydrogens (primary N) is 1. The molecule has 6 heteroatoms. The number of amidine groups is 1. The molecule has 0 fully saturated rings. The van der Waals surface area contributed by atoms with Gasteiger partial charge in [-0.1, -0.05) is 64.9 Å². The normalized spacial score (nSPS) is 11.8. The first-order valence-corrected chi connectivity index (χ1v) is 9.42. The summed E-state index contributed by atoms with van der Waals surface area (Å²) in [5, 5.41) is 8.55. The van der Waals surface area contributed by atoms with Crippen LogP contribution in [0.3, 0.4) is 0 Å². The lowest BCUT2D eigenvalue weighted by atomic mass is 10.2. The van der Waals surface area contributed by atoms with Crippen LogP contribution in [-0.2, 0) is 5.75 Å². The summed E-state index contributed by atoms with van der Waals surface area (Å²) in [6.07, 6.45) is 2.61. The Morgan fingerprint density at radius 1 is 1.25 bits per heavy atom. The molecule has 126 valence electrons. The number of hydrogen-bond acceptors (Lipinski definition) is 4. The van der Waals surface area contributed by atoms with Crippen LogP contribution in [0.15, 0.2) is 63.2 Å². The maximum atomic E-state index is 5.89. The molecule has 0 saturated heterocycles. The number of benzene rings is 2. The Balaban J connectivity index is 1.96. The predicted molar refractivity (Wildman–Crippen MR) is 107 cm³/mol. The predicted octanol–water partition coefficient (Wildman–Crippen LogP) is 4.82. The number of rotatable bonds is 7. The lowest BCUT2D eigenvalue weighted by molar-refractivity contribution is 0.317. The molecule has 0 saturated carbocycles. The van der Waals surface area contributed by atoms with Crippen LogP contribution in [0.5, 0.6) is 5.75 Å². The minimum Gasteiger partial charge on any atom is -0.493 e. The molecule has 2 N–H and O–H groups in total. The molecular formula is C18H20BrN3OS. The van der Waals surface area contributed by atoms with Gasteiger partial charge in [-0.3, -0.25) is 0 Å². The smallest absolute Gasteiger partial charge is 0.180 e. The second-order valence-corrected chi connectivity index (χ2v) is 6.90. The topological polar surface area (TPSA) is 60.0 Å². The van der Waals surface area contributed by atoms with Crippen molar-refractivity contribution in [2.45, 2.75) is 19.1 Å². The number of nitrogens with zero attached hydrogens (tertiary/aromatic N) is 2. The highest BCUT2D eigenvalue weighted by Crippen LogP contribution is 2.23. The van der Waals surface area contributed by atoms with E-state index >= 15 is 0 Å². The molecule has 0 atom stereocenters. The fourth-order valence-electron chi connectivity index (χ4n) is 1.86. The van der Waals surface area contributed by atoms with Gasteiger partial charge in [0.05, 0.1) is 12.8 Å². The lowest BCUT2D eigenvalue weighted by Crippen LogP contribution is -2.06. The minimum atomic E-state index is 0.434. The van der Waals surface area contributed by atoms with Crippen molar-refractivity contribution in [1.82, 2.24) is 0 Å². The quantitative estimate of drug-likeness (QED) is 0.408. The van der Waals surface area contributed by atoms with Crippen molar-refractivity contribution in [3.63, 3.8) is 0 Å². The second kappa shape index (κ2) is 10.2. The largest absolute Gasteiger partial charge is 0.493 e. The Morgan fingerprint density at radius 2 is 2.04 bits per heavy atom. The fourth-order valence-corrected chi connectivity index (χ4v) is 2.81. The molecule has 2 aromatic rings. The maximum Gasteiger partial charge on any atom is 0.180 e. The van der Waals surface area contributed by atoms with Crippen LogP contribution < -0.4 is 10.5 Å². The first kappa shape index (κ1) is 18.5. The Labute approximate surface area is 155 Å². The van der Waals surface area contributed by atoms with E-state index in [1.54, 1.807) is 6.21 Å². The zero-order valence-corrected chi connectivity index (χ0v) is 15.9. The number of thioether (sulfide) groups is 1. The molecule has 0 radical (unpaired) electrons. The molecule has 0 unspecified atom stereocenters. The molecule has 0 aliphatic rings. The van der Waals surface area contributed by atoms with Crippen LogP contribution in [-0.4, -0.2) is 18.0 Å². The van der Waals surface area contributed by atoms with E-state index < -0.39 is 0 Å². The molecule has 0 aliphatic carbocycles. The molecule has 2 rings (SSSR count). The Hall–Kier alpha value is -1.79. The van der Waals surface area contributed by atoms with E-state index in [1.807, 2.05) is 36.4 Å². The van der Waals surface area contributed by atoms with Crippen LogP contribution in [0.1, 0.15) is 24.5 Å². The van der Waals surface area contributed by atoms with Gasteiger partial charge >= 0.3 is 0 Å². The van der Waals surface area contributed by atoms with Gasteiger partial charge in [-0.25, -0.2) is 0 Å². The fraction of sp³-hybridized carbons (Fsp3) is 0.222. The molecule has 4 nitrogen and oxygen atoms in total. The van der Waals surface area contributed by atoms with Gasteiger partial charge in [0.1, 0.15) is 5.75 Å². The van der Waals surface area contributed by atoms with Gasteiger partial charge in [0, 0.05) is 15.8 Å². The number of ether oxygens (including phenoxy) is 1. The summed E-state index contributed by atoms with van der Waals surface area (Å²) in [6, 6.07) is 15.9. The highest BCUT2D eigenvalue weighted by Gasteiger charge is 2.02. The summed E-state index contributed by atoms with van der Waals surface area (Å²) in [4.78, 5) is 0. The lowest BCUT2D eigenvalue weighted by Gasteiger charge is -2.08. The van der Waals surface area contributed by atoms with Crippen LogP contribution in [0.25, 0.3) is 0 Å². The summed E-state index contributed by atoms with van der Waals surface area (Å²) < 4.78 is 6.69. The Morgan fingerprint density at radius 3 is 2.79 bits per heavy atom. The summed E-state index contributed by atoms with van der Waals surface area (Å²) in [6.45, 7) is 2.73. The highest BCUT2D eigenvalue weighted by molar-refractivity contribution is 9.10. The monoisotopic (exact) mass is 405 g/mol. The number of hydrogen-bond donors (Lipinski definition) is 1. The van der Waals surface area contributed by atoms with Crippen LogP contribution >= 0.6 is 27.7 Å². The van der Waals surface area contributed by atoms with Gasteiger partial charge in [-0.15, -0.1) is 5.10 Å². The molecule has 24 heavy (non-hydrogen) atoms. The second-order valence-electron chi connectivity index (χ2n) is 4.99. The van der Waals surface area contributed by atoms with Crippen molar-refractivity contribution >= 4 is 39.1 Å². The van der Waals surface area contributed by atoms with Crippen molar-refractivity contribution in [2.75, 3.05) is 6.61 Å². The van der Waals surface area contributed by atoms with Crippen LogP contribution in [0.2, 0.25) is 0 Å². The molecule has 0 amide bonds. The van der Waals surface area contributed by atoms with Gasteiger partial charge in [-0.05, 0) is 30.2 Å². The van der Waals surface area contributed by atoms with Crippen molar-refractivity contribution < 1.29 is 4.74 Å². The van der Waals surface area contributed by atoms with E-state index in [1.165, 1.54) is 17.3 Å². The summed E-state index contributed by atoms with van der Waals surface area (Å²) in [7, 11) is 0. The van der Waals surface area contributed by atoms with Gasteiger partial charge in [0.2, 0.25) is 0 Å². The molecular weight excluding hydrogens is 386 g/mol. The molecule has 0 bridgehead atoms.